The summed E-state index contributed by atoms with van der Waals surface area (Å²) in [5.41, 5.74) is 1.70. The van der Waals surface area contributed by atoms with Crippen LogP contribution in [0.2, 0.25) is 0 Å². The number of hydrogen-bond acceptors (Lipinski definition) is 4. The summed E-state index contributed by atoms with van der Waals surface area (Å²) in [5.74, 6) is 1.08. The lowest BCUT2D eigenvalue weighted by Crippen LogP contribution is -2.02. The highest BCUT2D eigenvalue weighted by Gasteiger charge is 2.11. The van der Waals surface area contributed by atoms with Gasteiger partial charge in [-0.05, 0) is 13.8 Å². The molecule has 0 N–H and O–H groups in total. The van der Waals surface area contributed by atoms with E-state index in [4.69, 9.17) is 8.92 Å². The molecule has 0 spiro atoms. The maximum atomic E-state index is 10.9. The molecule has 1 heterocycles. The van der Waals surface area contributed by atoms with E-state index in [-0.39, 0.29) is 0 Å². The summed E-state index contributed by atoms with van der Waals surface area (Å²) in [6, 6.07) is 0. The number of nitrogens with zero attached hydrogens (tertiary/aromatic N) is 1. The van der Waals surface area contributed by atoms with Crippen LogP contribution in [0.5, 0.6) is 11.6 Å². The van der Waals surface area contributed by atoms with E-state index in [9.17, 15) is 4.21 Å². The molecular formula is C9H13NO3S. The summed E-state index contributed by atoms with van der Waals surface area (Å²) in [7, 11) is 1.59. The summed E-state index contributed by atoms with van der Waals surface area (Å²) in [6.07, 6.45) is 3.08. The highest BCUT2D eigenvalue weighted by atomic mass is 32.2. The van der Waals surface area contributed by atoms with Gasteiger partial charge < -0.3 is 8.92 Å². The van der Waals surface area contributed by atoms with Crippen LogP contribution in [-0.2, 0) is 11.1 Å². The van der Waals surface area contributed by atoms with E-state index in [0.29, 0.717) is 5.88 Å². The van der Waals surface area contributed by atoms with Crippen LogP contribution in [-0.4, -0.2) is 22.6 Å². The maximum Gasteiger partial charge on any atom is 0.237 e. The number of ether oxygens (including phenoxy) is 1. The van der Waals surface area contributed by atoms with Gasteiger partial charge in [-0.3, -0.25) is 0 Å². The third kappa shape index (κ3) is 2.23. The normalized spacial score (nSPS) is 12.3. The summed E-state index contributed by atoms with van der Waals surface area (Å²) in [5, 5.41) is 0. The topological polar surface area (TPSA) is 48.4 Å². The number of methoxy groups -OCH3 is 1. The van der Waals surface area contributed by atoms with Crippen molar-refractivity contribution in [1.29, 1.82) is 0 Å². The second kappa shape index (κ2) is 4.41. The zero-order valence-electron chi connectivity index (χ0n) is 8.66. The second-order valence-corrected chi connectivity index (χ2v) is 3.86. The molecule has 1 unspecified atom stereocenters. The van der Waals surface area contributed by atoms with Gasteiger partial charge in [-0.15, -0.1) is 0 Å². The first-order valence-corrected chi connectivity index (χ1v) is 5.56. The van der Waals surface area contributed by atoms with Gasteiger partial charge in [0.2, 0.25) is 17.0 Å². The predicted octanol–water partition coefficient (Wildman–Crippen LogP) is 1.38. The minimum absolute atomic E-state index is 0.355. The van der Waals surface area contributed by atoms with Gasteiger partial charge in [-0.1, -0.05) is 0 Å². The van der Waals surface area contributed by atoms with E-state index >= 15 is 0 Å². The number of pyridine rings is 1. The van der Waals surface area contributed by atoms with Gasteiger partial charge in [0, 0.05) is 18.0 Å². The number of hydrogen-bond donors (Lipinski definition) is 0. The van der Waals surface area contributed by atoms with Gasteiger partial charge in [0.1, 0.15) is 5.75 Å². The number of aromatic nitrogens is 1. The van der Waals surface area contributed by atoms with Gasteiger partial charge in [0.15, 0.2) is 0 Å². The predicted molar refractivity (Wildman–Crippen MR) is 55.0 cm³/mol. The number of aryl methyl sites for hydroxylation is 1. The van der Waals surface area contributed by atoms with E-state index in [1.807, 2.05) is 13.8 Å². The van der Waals surface area contributed by atoms with Crippen LogP contribution in [0.15, 0.2) is 6.20 Å². The van der Waals surface area contributed by atoms with E-state index in [2.05, 4.69) is 4.98 Å². The standard InChI is InChI=1S/C9H13NO3S/c1-6-5-10-9(13-14(4)11)7(2)8(6)12-3/h5H,1-4H3. The minimum atomic E-state index is -1.36. The molecule has 0 aliphatic heterocycles. The first-order valence-electron chi connectivity index (χ1n) is 4.08. The van der Waals surface area contributed by atoms with Gasteiger partial charge in [0.25, 0.3) is 0 Å². The van der Waals surface area contributed by atoms with E-state index in [1.54, 1.807) is 13.3 Å². The zero-order valence-corrected chi connectivity index (χ0v) is 9.47. The quantitative estimate of drug-likeness (QED) is 0.764. The molecule has 78 valence electrons. The Bertz CT molecular complexity index is 365. The summed E-state index contributed by atoms with van der Waals surface area (Å²) >= 11 is -1.36. The molecule has 1 atom stereocenters. The maximum absolute atomic E-state index is 10.9. The van der Waals surface area contributed by atoms with Crippen molar-refractivity contribution in [2.45, 2.75) is 13.8 Å². The molecule has 0 fully saturated rings. The molecule has 1 rings (SSSR count). The molecular weight excluding hydrogens is 202 g/mol. The Morgan fingerprint density at radius 1 is 1.43 bits per heavy atom. The van der Waals surface area contributed by atoms with Crippen LogP contribution in [0.3, 0.4) is 0 Å². The average molecular weight is 215 g/mol. The molecule has 1 aromatic rings. The van der Waals surface area contributed by atoms with Crippen LogP contribution in [0.4, 0.5) is 0 Å². The Hall–Kier alpha value is -1.10. The van der Waals surface area contributed by atoms with Gasteiger partial charge in [0.05, 0.1) is 12.7 Å². The lowest BCUT2D eigenvalue weighted by molar-refractivity contribution is 0.404. The van der Waals surface area contributed by atoms with Crippen molar-refractivity contribution in [3.8, 4) is 11.6 Å². The molecule has 0 saturated carbocycles. The molecule has 5 heteroatoms. The molecule has 0 amide bonds. The Morgan fingerprint density at radius 3 is 2.57 bits per heavy atom. The molecule has 0 aliphatic carbocycles. The van der Waals surface area contributed by atoms with E-state index in [1.165, 1.54) is 6.26 Å². The Labute approximate surface area is 85.9 Å². The van der Waals surface area contributed by atoms with Crippen molar-refractivity contribution in [2.75, 3.05) is 13.4 Å². The molecule has 0 aliphatic rings. The lowest BCUT2D eigenvalue weighted by Gasteiger charge is -2.10. The van der Waals surface area contributed by atoms with Crippen molar-refractivity contribution in [3.05, 3.63) is 17.3 Å². The van der Waals surface area contributed by atoms with Crippen molar-refractivity contribution in [1.82, 2.24) is 4.98 Å². The Balaban J connectivity index is 3.14. The fraction of sp³-hybridized carbons (Fsp3) is 0.444. The monoisotopic (exact) mass is 215 g/mol. The molecule has 1 aromatic heterocycles. The second-order valence-electron chi connectivity index (χ2n) is 2.89. The molecule has 4 nitrogen and oxygen atoms in total. The highest BCUT2D eigenvalue weighted by molar-refractivity contribution is 7.79. The Morgan fingerprint density at radius 2 is 2.07 bits per heavy atom. The smallest absolute Gasteiger partial charge is 0.237 e. The molecule has 0 radical (unpaired) electrons. The average Bonchev–Trinajstić information content (AvgIpc) is 2.10. The molecule has 14 heavy (non-hydrogen) atoms. The van der Waals surface area contributed by atoms with Gasteiger partial charge in [-0.2, -0.15) is 0 Å². The van der Waals surface area contributed by atoms with Crippen LogP contribution in [0.1, 0.15) is 11.1 Å². The summed E-state index contributed by atoms with van der Waals surface area (Å²) < 4.78 is 21.1. The molecule has 0 aromatic carbocycles. The minimum Gasteiger partial charge on any atom is -0.496 e. The summed E-state index contributed by atoms with van der Waals surface area (Å²) in [4.78, 5) is 4.03. The van der Waals surface area contributed by atoms with Gasteiger partial charge >= 0.3 is 0 Å². The van der Waals surface area contributed by atoms with E-state index in [0.717, 1.165) is 16.9 Å². The Kier molecular flexibility index (Phi) is 3.46. The van der Waals surface area contributed by atoms with Crippen molar-refractivity contribution < 1.29 is 13.1 Å². The van der Waals surface area contributed by atoms with Crippen LogP contribution < -0.4 is 8.92 Å². The van der Waals surface area contributed by atoms with Crippen LogP contribution >= 0.6 is 0 Å². The molecule has 0 bridgehead atoms. The fourth-order valence-corrected chi connectivity index (χ4v) is 1.60. The van der Waals surface area contributed by atoms with Crippen LogP contribution in [0.25, 0.3) is 0 Å². The largest absolute Gasteiger partial charge is 0.496 e. The SMILES string of the molecule is COc1c(C)cnc(OS(C)=O)c1C. The van der Waals surface area contributed by atoms with Gasteiger partial charge in [-0.25, -0.2) is 9.19 Å². The highest BCUT2D eigenvalue weighted by Crippen LogP contribution is 2.28. The van der Waals surface area contributed by atoms with Crippen molar-refractivity contribution >= 4 is 11.1 Å². The first-order chi connectivity index (χ1) is 6.56. The van der Waals surface area contributed by atoms with Crippen molar-refractivity contribution in [3.63, 3.8) is 0 Å². The fourth-order valence-electron chi connectivity index (χ4n) is 1.21. The van der Waals surface area contributed by atoms with Crippen molar-refractivity contribution in [2.24, 2.45) is 0 Å². The number of rotatable bonds is 3. The third-order valence-corrected chi connectivity index (χ3v) is 2.19. The summed E-state index contributed by atoms with van der Waals surface area (Å²) in [6.45, 7) is 3.71. The van der Waals surface area contributed by atoms with Crippen LogP contribution in [0, 0.1) is 13.8 Å². The first kappa shape index (κ1) is 11.0. The lowest BCUT2D eigenvalue weighted by atomic mass is 10.2. The molecule has 0 saturated heterocycles. The van der Waals surface area contributed by atoms with E-state index < -0.39 is 11.1 Å². The third-order valence-electron chi connectivity index (χ3n) is 1.80. The zero-order chi connectivity index (χ0) is 10.7.